The minimum Gasteiger partial charge on any atom is -0.493 e. The molecule has 0 aromatic heterocycles. The smallest absolute Gasteiger partial charge is 0.224 e. The van der Waals surface area contributed by atoms with E-state index in [2.05, 4.69) is 5.32 Å². The summed E-state index contributed by atoms with van der Waals surface area (Å²) in [6, 6.07) is 12.9. The minimum atomic E-state index is -0.0686. The van der Waals surface area contributed by atoms with E-state index in [0.29, 0.717) is 42.3 Å². The molecule has 0 saturated carbocycles. The number of para-hydroxylation sites is 1. The van der Waals surface area contributed by atoms with Crippen LogP contribution in [0.25, 0.3) is 0 Å². The molecule has 0 radical (unpaired) electrons. The average molecular weight is 314 g/mol. The van der Waals surface area contributed by atoms with E-state index in [1.807, 2.05) is 31.2 Å². The summed E-state index contributed by atoms with van der Waals surface area (Å²) in [7, 11) is 1.58. The number of carbonyl (C=O) groups is 1. The third-order valence-electron chi connectivity index (χ3n) is 3.42. The highest BCUT2D eigenvalue weighted by atomic mass is 16.5. The van der Waals surface area contributed by atoms with Gasteiger partial charge >= 0.3 is 0 Å². The summed E-state index contributed by atoms with van der Waals surface area (Å²) < 4.78 is 10.7. The zero-order valence-electron chi connectivity index (χ0n) is 13.5. The van der Waals surface area contributed by atoms with Crippen LogP contribution in [0.1, 0.15) is 18.9 Å². The van der Waals surface area contributed by atoms with E-state index in [1.54, 1.807) is 25.3 Å². The Balaban J connectivity index is 1.97. The molecule has 0 bridgehead atoms. The first-order chi connectivity index (χ1) is 11.1. The molecule has 0 aliphatic heterocycles. The summed E-state index contributed by atoms with van der Waals surface area (Å²) in [5.41, 5.74) is 8.25. The largest absolute Gasteiger partial charge is 0.493 e. The second-order valence-electron chi connectivity index (χ2n) is 5.05. The molecular formula is C18H22N2O3. The average Bonchev–Trinajstić information content (AvgIpc) is 2.55. The predicted molar refractivity (Wildman–Crippen MR) is 92.0 cm³/mol. The van der Waals surface area contributed by atoms with Crippen LogP contribution in [0.2, 0.25) is 0 Å². The first-order valence-corrected chi connectivity index (χ1v) is 7.58. The van der Waals surface area contributed by atoms with Gasteiger partial charge in [0.2, 0.25) is 5.91 Å². The van der Waals surface area contributed by atoms with Gasteiger partial charge in [-0.1, -0.05) is 18.2 Å². The molecule has 0 saturated heterocycles. The summed E-state index contributed by atoms with van der Waals surface area (Å²) in [6.07, 6.45) is 0.969. The Kier molecular flexibility index (Phi) is 5.86. The van der Waals surface area contributed by atoms with Crippen LogP contribution in [0.5, 0.6) is 11.5 Å². The van der Waals surface area contributed by atoms with Gasteiger partial charge in [0, 0.05) is 23.9 Å². The predicted octanol–water partition coefficient (Wildman–Crippen LogP) is 3.25. The monoisotopic (exact) mass is 314 g/mol. The van der Waals surface area contributed by atoms with Crippen molar-refractivity contribution in [3.05, 3.63) is 48.0 Å². The highest BCUT2D eigenvalue weighted by Crippen LogP contribution is 2.30. The van der Waals surface area contributed by atoms with Crippen molar-refractivity contribution in [3.8, 4) is 11.5 Å². The Morgan fingerprint density at radius 2 is 1.96 bits per heavy atom. The number of rotatable bonds is 7. The van der Waals surface area contributed by atoms with Gasteiger partial charge in [0.1, 0.15) is 0 Å². The summed E-state index contributed by atoms with van der Waals surface area (Å²) in [5.74, 6) is 1.18. The van der Waals surface area contributed by atoms with Crippen molar-refractivity contribution in [2.75, 3.05) is 24.8 Å². The van der Waals surface area contributed by atoms with Crippen molar-refractivity contribution in [2.24, 2.45) is 0 Å². The molecule has 0 aliphatic rings. The van der Waals surface area contributed by atoms with E-state index in [0.717, 1.165) is 5.56 Å². The molecule has 5 heteroatoms. The number of aryl methyl sites for hydroxylation is 1. The Morgan fingerprint density at radius 3 is 2.65 bits per heavy atom. The summed E-state index contributed by atoms with van der Waals surface area (Å²) in [6.45, 7) is 2.43. The van der Waals surface area contributed by atoms with Gasteiger partial charge in [-0.05, 0) is 37.1 Å². The maximum atomic E-state index is 12.1. The molecule has 1 amide bonds. The van der Waals surface area contributed by atoms with Crippen molar-refractivity contribution in [1.29, 1.82) is 0 Å². The van der Waals surface area contributed by atoms with E-state index in [-0.39, 0.29) is 5.91 Å². The second kappa shape index (κ2) is 8.08. The number of anilines is 2. The van der Waals surface area contributed by atoms with Crippen LogP contribution < -0.4 is 20.5 Å². The summed E-state index contributed by atoms with van der Waals surface area (Å²) in [4.78, 5) is 12.1. The number of benzene rings is 2. The zero-order chi connectivity index (χ0) is 16.7. The fourth-order valence-electron chi connectivity index (χ4n) is 2.26. The number of nitrogen functional groups attached to an aromatic ring is 1. The number of amides is 1. The molecule has 2 rings (SSSR count). The van der Waals surface area contributed by atoms with Crippen molar-refractivity contribution >= 4 is 17.3 Å². The molecule has 0 unspecified atom stereocenters. The van der Waals surface area contributed by atoms with E-state index >= 15 is 0 Å². The molecule has 2 aromatic carbocycles. The maximum Gasteiger partial charge on any atom is 0.224 e. The van der Waals surface area contributed by atoms with Crippen LogP contribution >= 0.6 is 0 Å². The molecule has 0 fully saturated rings. The lowest BCUT2D eigenvalue weighted by molar-refractivity contribution is -0.116. The standard InChI is InChI=1S/C18H22N2O3/c1-3-23-17-12-14(9-10-16(17)22-2)20-18(21)11-8-13-6-4-5-7-15(13)19/h4-7,9-10,12H,3,8,11,19H2,1-2H3,(H,20,21). The van der Waals surface area contributed by atoms with Crippen LogP contribution in [-0.2, 0) is 11.2 Å². The summed E-state index contributed by atoms with van der Waals surface area (Å²) in [5, 5.41) is 2.87. The number of carbonyl (C=O) groups excluding carboxylic acids is 1. The van der Waals surface area contributed by atoms with E-state index < -0.39 is 0 Å². The normalized spacial score (nSPS) is 10.2. The fourth-order valence-corrected chi connectivity index (χ4v) is 2.26. The van der Waals surface area contributed by atoms with E-state index in [9.17, 15) is 4.79 Å². The molecule has 122 valence electrons. The SMILES string of the molecule is CCOc1cc(NC(=O)CCc2ccccc2N)ccc1OC. The Bertz CT molecular complexity index is 671. The van der Waals surface area contributed by atoms with Crippen molar-refractivity contribution in [2.45, 2.75) is 19.8 Å². The van der Waals surface area contributed by atoms with Crippen LogP contribution in [-0.4, -0.2) is 19.6 Å². The highest BCUT2D eigenvalue weighted by molar-refractivity contribution is 5.91. The number of ether oxygens (including phenoxy) is 2. The van der Waals surface area contributed by atoms with Gasteiger partial charge in [-0.3, -0.25) is 4.79 Å². The van der Waals surface area contributed by atoms with Crippen molar-refractivity contribution in [3.63, 3.8) is 0 Å². The molecule has 0 spiro atoms. The Hall–Kier alpha value is -2.69. The third kappa shape index (κ3) is 4.64. The number of hydrogen-bond acceptors (Lipinski definition) is 4. The number of nitrogens with two attached hydrogens (primary N) is 1. The molecule has 23 heavy (non-hydrogen) atoms. The van der Waals surface area contributed by atoms with Crippen molar-refractivity contribution in [1.82, 2.24) is 0 Å². The van der Waals surface area contributed by atoms with Gasteiger partial charge in [-0.2, -0.15) is 0 Å². The lowest BCUT2D eigenvalue weighted by Gasteiger charge is -2.12. The second-order valence-corrected chi connectivity index (χ2v) is 5.05. The van der Waals surface area contributed by atoms with Crippen LogP contribution in [0, 0.1) is 0 Å². The zero-order valence-corrected chi connectivity index (χ0v) is 13.5. The van der Waals surface area contributed by atoms with Gasteiger partial charge in [0.25, 0.3) is 0 Å². The lowest BCUT2D eigenvalue weighted by atomic mass is 10.1. The molecular weight excluding hydrogens is 292 g/mol. The first kappa shape index (κ1) is 16.7. The maximum absolute atomic E-state index is 12.1. The van der Waals surface area contributed by atoms with E-state index in [4.69, 9.17) is 15.2 Å². The van der Waals surface area contributed by atoms with E-state index in [1.165, 1.54) is 0 Å². The molecule has 0 atom stereocenters. The molecule has 5 nitrogen and oxygen atoms in total. The van der Waals surface area contributed by atoms with Crippen LogP contribution in [0.15, 0.2) is 42.5 Å². The van der Waals surface area contributed by atoms with Gasteiger partial charge in [-0.15, -0.1) is 0 Å². The molecule has 0 aliphatic carbocycles. The third-order valence-corrected chi connectivity index (χ3v) is 3.42. The molecule has 2 aromatic rings. The Morgan fingerprint density at radius 1 is 1.17 bits per heavy atom. The highest BCUT2D eigenvalue weighted by Gasteiger charge is 2.09. The first-order valence-electron chi connectivity index (χ1n) is 7.58. The fraction of sp³-hybridized carbons (Fsp3) is 0.278. The molecule has 0 heterocycles. The van der Waals surface area contributed by atoms with Gasteiger partial charge in [0.15, 0.2) is 11.5 Å². The lowest BCUT2D eigenvalue weighted by Crippen LogP contribution is -2.13. The van der Waals surface area contributed by atoms with Crippen LogP contribution in [0.3, 0.4) is 0 Å². The summed E-state index contributed by atoms with van der Waals surface area (Å²) >= 11 is 0. The minimum absolute atomic E-state index is 0.0686. The topological polar surface area (TPSA) is 73.6 Å². The van der Waals surface area contributed by atoms with Gasteiger partial charge in [0.05, 0.1) is 13.7 Å². The van der Waals surface area contributed by atoms with Gasteiger partial charge in [-0.25, -0.2) is 0 Å². The quantitative estimate of drug-likeness (QED) is 0.769. The van der Waals surface area contributed by atoms with Crippen LogP contribution in [0.4, 0.5) is 11.4 Å². The number of methoxy groups -OCH3 is 1. The number of hydrogen-bond donors (Lipinski definition) is 2. The van der Waals surface area contributed by atoms with Crippen molar-refractivity contribution < 1.29 is 14.3 Å². The Labute approximate surface area is 136 Å². The molecule has 3 N–H and O–H groups in total. The number of nitrogens with one attached hydrogen (secondary N) is 1. The van der Waals surface area contributed by atoms with Gasteiger partial charge < -0.3 is 20.5 Å².